The van der Waals surface area contributed by atoms with E-state index in [0.717, 1.165) is 12.1 Å². The Morgan fingerprint density at radius 2 is 2.00 bits per heavy atom. The van der Waals surface area contributed by atoms with Crippen molar-refractivity contribution in [2.45, 2.75) is 6.92 Å². The molecule has 0 aliphatic rings. The summed E-state index contributed by atoms with van der Waals surface area (Å²) in [7, 11) is 1.41. The van der Waals surface area contributed by atoms with Crippen LogP contribution in [0.2, 0.25) is 0 Å². The highest BCUT2D eigenvalue weighted by Crippen LogP contribution is 2.14. The number of benzene rings is 1. The lowest BCUT2D eigenvalue weighted by Gasteiger charge is -2.04. The van der Waals surface area contributed by atoms with Crippen molar-refractivity contribution < 1.29 is 13.6 Å². The molecule has 0 aliphatic heterocycles. The zero-order valence-corrected chi connectivity index (χ0v) is 7.32. The minimum absolute atomic E-state index is 0.0278. The molecule has 0 saturated carbocycles. The summed E-state index contributed by atoms with van der Waals surface area (Å²) in [6.07, 6.45) is 0. The van der Waals surface area contributed by atoms with Crippen molar-refractivity contribution in [1.29, 1.82) is 0 Å². The van der Waals surface area contributed by atoms with Crippen molar-refractivity contribution in [3.8, 4) is 0 Å². The van der Waals surface area contributed by atoms with Crippen LogP contribution in [0.4, 0.5) is 8.78 Å². The third-order valence-electron chi connectivity index (χ3n) is 1.78. The standard InChI is InChI=1S/C9H9F2NO/c1-5-7(9(13)12-2)3-6(10)4-8(5)11/h3-4H,1-2H3,(H,12,13). The Morgan fingerprint density at radius 3 is 2.54 bits per heavy atom. The molecule has 70 valence electrons. The second-order valence-electron chi connectivity index (χ2n) is 2.64. The van der Waals surface area contributed by atoms with Crippen LogP contribution in [0.15, 0.2) is 12.1 Å². The van der Waals surface area contributed by atoms with Gasteiger partial charge in [0.15, 0.2) is 0 Å². The first-order chi connectivity index (χ1) is 6.06. The molecule has 1 rings (SSSR count). The summed E-state index contributed by atoms with van der Waals surface area (Å²) >= 11 is 0. The van der Waals surface area contributed by atoms with Crippen LogP contribution >= 0.6 is 0 Å². The van der Waals surface area contributed by atoms with Gasteiger partial charge in [-0.1, -0.05) is 0 Å². The molecule has 4 heteroatoms. The van der Waals surface area contributed by atoms with Gasteiger partial charge in [-0.25, -0.2) is 8.78 Å². The van der Waals surface area contributed by atoms with E-state index in [1.165, 1.54) is 14.0 Å². The fourth-order valence-corrected chi connectivity index (χ4v) is 1.02. The van der Waals surface area contributed by atoms with Crippen LogP contribution in [0.1, 0.15) is 15.9 Å². The van der Waals surface area contributed by atoms with Crippen LogP contribution in [0.5, 0.6) is 0 Å². The van der Waals surface area contributed by atoms with E-state index in [4.69, 9.17) is 0 Å². The van der Waals surface area contributed by atoms with E-state index < -0.39 is 17.5 Å². The van der Waals surface area contributed by atoms with Gasteiger partial charge in [-0.3, -0.25) is 4.79 Å². The number of carbonyl (C=O) groups excluding carboxylic acids is 1. The third-order valence-corrected chi connectivity index (χ3v) is 1.78. The van der Waals surface area contributed by atoms with E-state index in [0.29, 0.717) is 0 Å². The number of carbonyl (C=O) groups is 1. The summed E-state index contributed by atoms with van der Waals surface area (Å²) in [6.45, 7) is 1.43. The molecular weight excluding hydrogens is 176 g/mol. The molecule has 13 heavy (non-hydrogen) atoms. The van der Waals surface area contributed by atoms with E-state index in [2.05, 4.69) is 5.32 Å². The molecule has 0 bridgehead atoms. The summed E-state index contributed by atoms with van der Waals surface area (Å²) in [5, 5.41) is 2.30. The molecule has 0 aromatic heterocycles. The number of rotatable bonds is 1. The average Bonchev–Trinajstić information content (AvgIpc) is 2.10. The number of halogens is 2. The van der Waals surface area contributed by atoms with Crippen molar-refractivity contribution in [2.75, 3.05) is 7.05 Å². The SMILES string of the molecule is CNC(=O)c1cc(F)cc(F)c1C. The maximum atomic E-state index is 12.9. The smallest absolute Gasteiger partial charge is 0.251 e. The van der Waals surface area contributed by atoms with Crippen molar-refractivity contribution in [3.05, 3.63) is 34.9 Å². The van der Waals surface area contributed by atoms with Crippen LogP contribution in [0.25, 0.3) is 0 Å². The fourth-order valence-electron chi connectivity index (χ4n) is 1.02. The summed E-state index contributed by atoms with van der Waals surface area (Å²) in [5.41, 5.74) is 0.181. The number of nitrogens with one attached hydrogen (secondary N) is 1. The molecule has 0 atom stereocenters. The molecular formula is C9H9F2NO. The molecule has 2 nitrogen and oxygen atoms in total. The number of hydrogen-bond acceptors (Lipinski definition) is 1. The molecule has 1 aromatic carbocycles. The molecule has 0 heterocycles. The molecule has 1 aromatic rings. The van der Waals surface area contributed by atoms with Gasteiger partial charge in [0, 0.05) is 18.7 Å². The van der Waals surface area contributed by atoms with Crippen LogP contribution in [-0.4, -0.2) is 13.0 Å². The van der Waals surface area contributed by atoms with E-state index >= 15 is 0 Å². The number of hydrogen-bond donors (Lipinski definition) is 1. The monoisotopic (exact) mass is 185 g/mol. The molecule has 0 fully saturated rings. The Balaban J connectivity index is 3.28. The van der Waals surface area contributed by atoms with Crippen LogP contribution in [0, 0.1) is 18.6 Å². The summed E-state index contributed by atoms with van der Waals surface area (Å²) in [6, 6.07) is 1.76. The predicted molar refractivity (Wildman–Crippen MR) is 44.5 cm³/mol. The Labute approximate surface area is 74.6 Å². The molecule has 1 N–H and O–H groups in total. The first-order valence-electron chi connectivity index (χ1n) is 3.74. The van der Waals surface area contributed by atoms with Crippen LogP contribution < -0.4 is 5.32 Å². The van der Waals surface area contributed by atoms with Gasteiger partial charge in [-0.2, -0.15) is 0 Å². The van der Waals surface area contributed by atoms with Gasteiger partial charge in [0.2, 0.25) is 0 Å². The Kier molecular flexibility index (Phi) is 2.60. The van der Waals surface area contributed by atoms with Gasteiger partial charge >= 0.3 is 0 Å². The minimum Gasteiger partial charge on any atom is -0.355 e. The maximum absolute atomic E-state index is 12.9. The van der Waals surface area contributed by atoms with E-state index in [9.17, 15) is 13.6 Å². The van der Waals surface area contributed by atoms with Gasteiger partial charge in [0.25, 0.3) is 5.91 Å². The Bertz CT molecular complexity index is 350. The van der Waals surface area contributed by atoms with Gasteiger partial charge < -0.3 is 5.32 Å². The summed E-state index contributed by atoms with van der Waals surface area (Å²) in [5.74, 6) is -1.95. The highest BCUT2D eigenvalue weighted by Gasteiger charge is 2.12. The largest absolute Gasteiger partial charge is 0.355 e. The molecule has 0 saturated heterocycles. The van der Waals surface area contributed by atoms with Crippen LogP contribution in [-0.2, 0) is 0 Å². The predicted octanol–water partition coefficient (Wildman–Crippen LogP) is 1.63. The van der Waals surface area contributed by atoms with Gasteiger partial charge in [-0.05, 0) is 18.6 Å². The highest BCUT2D eigenvalue weighted by atomic mass is 19.1. The van der Waals surface area contributed by atoms with E-state index in [1.54, 1.807) is 0 Å². The second kappa shape index (κ2) is 3.51. The lowest BCUT2D eigenvalue weighted by Crippen LogP contribution is -2.19. The summed E-state index contributed by atoms with van der Waals surface area (Å²) < 4.78 is 25.6. The van der Waals surface area contributed by atoms with Gasteiger partial charge in [0.1, 0.15) is 11.6 Å². The van der Waals surface area contributed by atoms with Crippen molar-refractivity contribution in [2.24, 2.45) is 0 Å². The first-order valence-corrected chi connectivity index (χ1v) is 3.74. The highest BCUT2D eigenvalue weighted by molar-refractivity contribution is 5.95. The second-order valence-corrected chi connectivity index (χ2v) is 2.64. The maximum Gasteiger partial charge on any atom is 0.251 e. The van der Waals surface area contributed by atoms with Crippen LogP contribution in [0.3, 0.4) is 0 Å². The Morgan fingerprint density at radius 1 is 1.38 bits per heavy atom. The third kappa shape index (κ3) is 1.83. The Hall–Kier alpha value is -1.45. The summed E-state index contributed by atoms with van der Waals surface area (Å²) in [4.78, 5) is 11.1. The average molecular weight is 185 g/mol. The van der Waals surface area contributed by atoms with Crippen molar-refractivity contribution >= 4 is 5.91 Å². The van der Waals surface area contributed by atoms with Gasteiger partial charge in [-0.15, -0.1) is 0 Å². The zero-order valence-electron chi connectivity index (χ0n) is 7.32. The lowest BCUT2D eigenvalue weighted by molar-refractivity contribution is 0.0961. The topological polar surface area (TPSA) is 29.1 Å². The first kappa shape index (κ1) is 9.64. The van der Waals surface area contributed by atoms with Crippen molar-refractivity contribution in [3.63, 3.8) is 0 Å². The molecule has 0 aliphatic carbocycles. The molecule has 0 radical (unpaired) electrons. The van der Waals surface area contributed by atoms with Crippen molar-refractivity contribution in [1.82, 2.24) is 5.32 Å². The van der Waals surface area contributed by atoms with Gasteiger partial charge in [0.05, 0.1) is 0 Å². The molecule has 0 unspecified atom stereocenters. The normalized spacial score (nSPS) is 9.85. The molecule has 0 spiro atoms. The lowest BCUT2D eigenvalue weighted by atomic mass is 10.1. The van der Waals surface area contributed by atoms with E-state index in [1.807, 2.05) is 0 Å². The number of amides is 1. The van der Waals surface area contributed by atoms with E-state index in [-0.39, 0.29) is 11.1 Å². The fraction of sp³-hybridized carbons (Fsp3) is 0.222. The molecule has 1 amide bonds. The zero-order chi connectivity index (χ0) is 10.0. The minimum atomic E-state index is -0.748. The quantitative estimate of drug-likeness (QED) is 0.707.